The number of carbonyl (C=O) groups is 1. The van der Waals surface area contributed by atoms with E-state index in [9.17, 15) is 10.1 Å². The minimum absolute atomic E-state index is 0.0384. The van der Waals surface area contributed by atoms with Crippen LogP contribution in [0.4, 0.5) is 10.6 Å². The van der Waals surface area contributed by atoms with E-state index in [4.69, 9.17) is 27.9 Å². The Morgan fingerprint density at radius 3 is 2.71 bits per heavy atom. The summed E-state index contributed by atoms with van der Waals surface area (Å²) in [6.07, 6.45) is 1.43. The van der Waals surface area contributed by atoms with Crippen molar-refractivity contribution in [2.75, 3.05) is 5.32 Å². The van der Waals surface area contributed by atoms with E-state index in [0.717, 1.165) is 27.8 Å². The van der Waals surface area contributed by atoms with Crippen LogP contribution in [0.1, 0.15) is 42.0 Å². The molecule has 5 nitrogen and oxygen atoms in total. The summed E-state index contributed by atoms with van der Waals surface area (Å²) in [6, 6.07) is 15.8. The molecule has 156 valence electrons. The quantitative estimate of drug-likeness (QED) is 0.488. The van der Waals surface area contributed by atoms with Gasteiger partial charge in [0.15, 0.2) is 5.82 Å². The summed E-state index contributed by atoms with van der Waals surface area (Å²) in [5, 5.41) is 13.5. The smallest absolute Gasteiger partial charge is 0.413 e. The van der Waals surface area contributed by atoms with E-state index >= 15 is 0 Å². The molecule has 0 fully saturated rings. The van der Waals surface area contributed by atoms with Gasteiger partial charge in [-0.25, -0.2) is 9.78 Å². The summed E-state index contributed by atoms with van der Waals surface area (Å²) in [7, 11) is 0. The molecule has 4 rings (SSSR count). The standard InChI is InChI=1S/C24H19Cl2N3O2/c1-13(2)31-24(30)29-23-19(11-27)22-15(12-28-23)9-18(16-5-3-4-6-17(16)22)14-7-8-20(25)21(26)10-14/h3-8,10,12-13,18H,9H2,1-2H3,(H,28,29,30). The number of nitrogens with zero attached hydrogens (tertiary/aromatic N) is 2. The van der Waals surface area contributed by atoms with Crippen molar-refractivity contribution >= 4 is 35.1 Å². The number of carbonyl (C=O) groups excluding carboxylic acids is 1. The fourth-order valence-electron chi connectivity index (χ4n) is 3.94. The lowest BCUT2D eigenvalue weighted by Gasteiger charge is -2.29. The van der Waals surface area contributed by atoms with Gasteiger partial charge in [-0.3, -0.25) is 5.32 Å². The number of benzene rings is 2. The normalized spacial score (nSPS) is 14.4. The molecule has 7 heteroatoms. The lowest BCUT2D eigenvalue weighted by molar-refractivity contribution is 0.130. The number of aromatic nitrogens is 1. The van der Waals surface area contributed by atoms with Gasteiger partial charge in [0.2, 0.25) is 0 Å². The van der Waals surface area contributed by atoms with Crippen LogP contribution < -0.4 is 5.32 Å². The molecule has 1 amide bonds. The highest BCUT2D eigenvalue weighted by atomic mass is 35.5. The van der Waals surface area contributed by atoms with E-state index < -0.39 is 6.09 Å². The lowest BCUT2D eigenvalue weighted by Crippen LogP contribution is -2.21. The van der Waals surface area contributed by atoms with Crippen LogP contribution in [0.3, 0.4) is 0 Å². The monoisotopic (exact) mass is 451 g/mol. The molecule has 2 aromatic carbocycles. The Kier molecular flexibility index (Phi) is 5.86. The Morgan fingerprint density at radius 2 is 2.00 bits per heavy atom. The Bertz CT molecular complexity index is 1220. The van der Waals surface area contributed by atoms with Gasteiger partial charge in [0.25, 0.3) is 0 Å². The molecule has 31 heavy (non-hydrogen) atoms. The zero-order chi connectivity index (χ0) is 22.1. The number of anilines is 1. The number of hydrogen-bond donors (Lipinski definition) is 1. The molecule has 0 saturated carbocycles. The number of nitriles is 1. The Balaban J connectivity index is 1.82. The number of ether oxygens (including phenoxy) is 1. The van der Waals surface area contributed by atoms with Crippen LogP contribution in [-0.4, -0.2) is 17.2 Å². The zero-order valence-corrected chi connectivity index (χ0v) is 18.5. The molecule has 0 aliphatic heterocycles. The molecule has 0 spiro atoms. The van der Waals surface area contributed by atoms with E-state index in [1.54, 1.807) is 26.1 Å². The molecular weight excluding hydrogens is 433 g/mol. The third-order valence-electron chi connectivity index (χ3n) is 5.21. The molecular formula is C24H19Cl2N3O2. The van der Waals surface area contributed by atoms with E-state index in [1.165, 1.54) is 0 Å². The molecule has 0 bridgehead atoms. The highest BCUT2D eigenvalue weighted by Crippen LogP contribution is 2.45. The van der Waals surface area contributed by atoms with Crippen molar-refractivity contribution in [3.8, 4) is 17.2 Å². The van der Waals surface area contributed by atoms with Crippen molar-refractivity contribution in [2.24, 2.45) is 0 Å². The first-order valence-corrected chi connectivity index (χ1v) is 10.6. The first kappa shape index (κ1) is 21.2. The molecule has 1 aliphatic carbocycles. The number of rotatable bonds is 3. The third kappa shape index (κ3) is 4.10. The van der Waals surface area contributed by atoms with Crippen molar-refractivity contribution in [1.29, 1.82) is 5.26 Å². The fraction of sp³-hybridized carbons (Fsp3) is 0.208. The molecule has 1 atom stereocenters. The summed E-state index contributed by atoms with van der Waals surface area (Å²) >= 11 is 12.4. The van der Waals surface area contributed by atoms with Crippen molar-refractivity contribution in [2.45, 2.75) is 32.3 Å². The summed E-state index contributed by atoms with van der Waals surface area (Å²) in [4.78, 5) is 16.5. The number of nitrogens with one attached hydrogen (secondary N) is 1. The minimum Gasteiger partial charge on any atom is -0.447 e. The van der Waals surface area contributed by atoms with Gasteiger partial charge in [-0.15, -0.1) is 0 Å². The van der Waals surface area contributed by atoms with Crippen LogP contribution in [0.25, 0.3) is 11.1 Å². The second-order valence-electron chi connectivity index (χ2n) is 7.59. The number of fused-ring (bicyclic) bond motifs is 3. The van der Waals surface area contributed by atoms with Gasteiger partial charge in [0.05, 0.1) is 16.1 Å². The maximum Gasteiger partial charge on any atom is 0.413 e. The van der Waals surface area contributed by atoms with Crippen LogP contribution in [0, 0.1) is 11.3 Å². The highest BCUT2D eigenvalue weighted by molar-refractivity contribution is 6.42. The van der Waals surface area contributed by atoms with Crippen molar-refractivity contribution in [1.82, 2.24) is 4.98 Å². The van der Waals surface area contributed by atoms with Gasteiger partial charge < -0.3 is 4.74 Å². The largest absolute Gasteiger partial charge is 0.447 e. The first-order chi connectivity index (χ1) is 14.9. The predicted molar refractivity (Wildman–Crippen MR) is 122 cm³/mol. The number of amides is 1. The second-order valence-corrected chi connectivity index (χ2v) is 8.40. The summed E-state index contributed by atoms with van der Waals surface area (Å²) in [5.74, 6) is 0.228. The van der Waals surface area contributed by atoms with Gasteiger partial charge in [-0.05, 0) is 54.7 Å². The summed E-state index contributed by atoms with van der Waals surface area (Å²) in [5.41, 5.74) is 5.07. The molecule has 1 N–H and O–H groups in total. The van der Waals surface area contributed by atoms with Gasteiger partial charge >= 0.3 is 6.09 Å². The van der Waals surface area contributed by atoms with E-state index in [1.807, 2.05) is 36.4 Å². The number of hydrogen-bond acceptors (Lipinski definition) is 4. The fourth-order valence-corrected chi connectivity index (χ4v) is 4.25. The topological polar surface area (TPSA) is 75.0 Å². The van der Waals surface area contributed by atoms with Crippen LogP contribution in [0.15, 0.2) is 48.7 Å². The highest BCUT2D eigenvalue weighted by Gasteiger charge is 2.30. The third-order valence-corrected chi connectivity index (χ3v) is 5.95. The molecule has 1 unspecified atom stereocenters. The summed E-state index contributed by atoms with van der Waals surface area (Å²) < 4.78 is 5.14. The van der Waals surface area contributed by atoms with E-state index in [2.05, 4.69) is 16.4 Å². The maximum absolute atomic E-state index is 12.1. The van der Waals surface area contributed by atoms with Gasteiger partial charge in [-0.1, -0.05) is 53.5 Å². The minimum atomic E-state index is -0.642. The Labute approximate surface area is 190 Å². The van der Waals surface area contributed by atoms with Gasteiger partial charge in [0.1, 0.15) is 11.6 Å². The molecule has 1 aromatic heterocycles. The Hall–Kier alpha value is -3.07. The SMILES string of the molecule is CC(C)OC(=O)Nc1ncc2c(c1C#N)-c1ccccc1C(c1ccc(Cl)c(Cl)c1)C2. The predicted octanol–water partition coefficient (Wildman–Crippen LogP) is 6.57. The van der Waals surface area contributed by atoms with Crippen LogP contribution in [0.2, 0.25) is 10.0 Å². The summed E-state index contributed by atoms with van der Waals surface area (Å²) in [6.45, 7) is 3.51. The zero-order valence-electron chi connectivity index (χ0n) is 16.9. The van der Waals surface area contributed by atoms with Crippen LogP contribution >= 0.6 is 23.2 Å². The van der Waals surface area contributed by atoms with E-state index in [0.29, 0.717) is 22.0 Å². The van der Waals surface area contributed by atoms with Crippen molar-refractivity contribution in [3.05, 3.63) is 81.0 Å². The number of pyridine rings is 1. The average molecular weight is 452 g/mol. The molecule has 3 aromatic rings. The van der Waals surface area contributed by atoms with Gasteiger partial charge in [0, 0.05) is 17.7 Å². The van der Waals surface area contributed by atoms with Crippen molar-refractivity contribution < 1.29 is 9.53 Å². The van der Waals surface area contributed by atoms with Crippen LogP contribution in [0.5, 0.6) is 0 Å². The average Bonchev–Trinajstić information content (AvgIpc) is 2.74. The second kappa shape index (κ2) is 8.58. The van der Waals surface area contributed by atoms with Crippen molar-refractivity contribution in [3.63, 3.8) is 0 Å². The van der Waals surface area contributed by atoms with Crippen LogP contribution in [-0.2, 0) is 11.2 Å². The lowest BCUT2D eigenvalue weighted by atomic mass is 9.75. The first-order valence-electron chi connectivity index (χ1n) is 9.83. The molecule has 1 aliphatic rings. The maximum atomic E-state index is 12.1. The molecule has 0 saturated heterocycles. The molecule has 1 heterocycles. The Morgan fingerprint density at radius 1 is 1.23 bits per heavy atom. The number of halogens is 2. The van der Waals surface area contributed by atoms with Gasteiger partial charge in [-0.2, -0.15) is 5.26 Å². The van der Waals surface area contributed by atoms with E-state index in [-0.39, 0.29) is 17.8 Å². The molecule has 0 radical (unpaired) electrons.